The molecule has 20 heavy (non-hydrogen) atoms. The van der Waals surface area contributed by atoms with Crippen molar-refractivity contribution in [2.45, 2.75) is 6.42 Å². The molecule has 1 aliphatic rings. The van der Waals surface area contributed by atoms with E-state index in [4.69, 9.17) is 4.74 Å². The van der Waals surface area contributed by atoms with E-state index in [1.165, 1.54) is 18.2 Å². The summed E-state index contributed by atoms with van der Waals surface area (Å²) >= 11 is 0. The van der Waals surface area contributed by atoms with E-state index in [1.54, 1.807) is 24.3 Å². The normalized spacial score (nSPS) is 13.7. The molecular formula is C15H13NO4. The highest BCUT2D eigenvalue weighted by Crippen LogP contribution is 2.19. The van der Waals surface area contributed by atoms with E-state index in [2.05, 4.69) is 6.58 Å². The number of rotatable bonds is 5. The summed E-state index contributed by atoms with van der Waals surface area (Å²) in [6.07, 6.45) is 4.08. The zero-order valence-electron chi connectivity index (χ0n) is 10.7. The molecule has 0 saturated carbocycles. The van der Waals surface area contributed by atoms with Crippen molar-refractivity contribution in [2.75, 3.05) is 11.5 Å². The Kier molecular flexibility index (Phi) is 4.10. The predicted molar refractivity (Wildman–Crippen MR) is 72.9 cm³/mol. The van der Waals surface area contributed by atoms with Gasteiger partial charge >= 0.3 is 5.97 Å². The number of nitrogens with zero attached hydrogens (tertiary/aromatic N) is 1. The van der Waals surface area contributed by atoms with Crippen molar-refractivity contribution >= 4 is 23.5 Å². The minimum atomic E-state index is -0.367. The summed E-state index contributed by atoms with van der Waals surface area (Å²) in [6.45, 7) is 3.64. The number of esters is 1. The molecule has 102 valence electrons. The quantitative estimate of drug-likeness (QED) is 0.461. The number of hydrogen-bond acceptors (Lipinski definition) is 4. The van der Waals surface area contributed by atoms with E-state index in [0.29, 0.717) is 5.69 Å². The second-order valence-electron chi connectivity index (χ2n) is 4.16. The van der Waals surface area contributed by atoms with Crippen LogP contribution >= 0.6 is 0 Å². The lowest BCUT2D eigenvalue weighted by Crippen LogP contribution is -2.29. The van der Waals surface area contributed by atoms with E-state index in [1.807, 2.05) is 0 Å². The lowest BCUT2D eigenvalue weighted by Gasteiger charge is -2.14. The molecule has 2 rings (SSSR count). The molecule has 1 aromatic carbocycles. The topological polar surface area (TPSA) is 63.7 Å². The number of hydrogen-bond donors (Lipinski definition) is 0. The van der Waals surface area contributed by atoms with Gasteiger partial charge in [-0.1, -0.05) is 24.8 Å². The fraction of sp³-hybridized carbons (Fsp3) is 0.133. The van der Waals surface area contributed by atoms with Gasteiger partial charge in [0.2, 0.25) is 0 Å². The Balaban J connectivity index is 2.03. The van der Waals surface area contributed by atoms with Crippen LogP contribution in [0.25, 0.3) is 0 Å². The van der Waals surface area contributed by atoms with Crippen LogP contribution in [0.1, 0.15) is 5.56 Å². The number of amides is 2. The molecule has 0 unspecified atom stereocenters. The number of carbonyl (C=O) groups is 3. The van der Waals surface area contributed by atoms with Crippen molar-refractivity contribution in [3.8, 4) is 0 Å². The number of benzene rings is 1. The number of carbonyl (C=O) groups excluding carboxylic acids is 3. The third-order valence-corrected chi connectivity index (χ3v) is 2.71. The zero-order chi connectivity index (χ0) is 14.5. The minimum absolute atomic E-state index is 0.133. The maximum atomic E-state index is 11.5. The molecule has 0 radical (unpaired) electrons. The van der Waals surface area contributed by atoms with Crippen molar-refractivity contribution in [3.63, 3.8) is 0 Å². The summed E-state index contributed by atoms with van der Waals surface area (Å²) in [4.78, 5) is 35.5. The highest BCUT2D eigenvalue weighted by Gasteiger charge is 2.24. The van der Waals surface area contributed by atoms with E-state index < -0.39 is 0 Å². The van der Waals surface area contributed by atoms with Crippen LogP contribution in [0.4, 0.5) is 5.69 Å². The molecule has 0 bridgehead atoms. The van der Waals surface area contributed by atoms with Crippen LogP contribution in [0.2, 0.25) is 0 Å². The van der Waals surface area contributed by atoms with Gasteiger partial charge in [0.1, 0.15) is 6.61 Å². The molecule has 0 aromatic heterocycles. The van der Waals surface area contributed by atoms with Crippen LogP contribution in [0.5, 0.6) is 0 Å². The monoisotopic (exact) mass is 271 g/mol. The van der Waals surface area contributed by atoms with Crippen LogP contribution in [-0.4, -0.2) is 24.4 Å². The predicted octanol–water partition coefficient (Wildman–Crippen LogP) is 1.39. The Morgan fingerprint density at radius 1 is 1.15 bits per heavy atom. The van der Waals surface area contributed by atoms with Crippen LogP contribution in [-0.2, 0) is 25.5 Å². The SMILES string of the molecule is C=CCOC(=O)Cc1ccc(N2C(=O)C=CC2=O)cc1. The fourth-order valence-electron chi connectivity index (χ4n) is 1.79. The van der Waals surface area contributed by atoms with Gasteiger partial charge in [-0.3, -0.25) is 14.4 Å². The van der Waals surface area contributed by atoms with Crippen molar-refractivity contribution in [3.05, 3.63) is 54.6 Å². The van der Waals surface area contributed by atoms with Crippen molar-refractivity contribution < 1.29 is 19.1 Å². The van der Waals surface area contributed by atoms with Gasteiger partial charge in [0.05, 0.1) is 12.1 Å². The first-order chi connectivity index (χ1) is 9.61. The summed E-state index contributed by atoms with van der Waals surface area (Å²) in [5.41, 5.74) is 1.23. The average molecular weight is 271 g/mol. The van der Waals surface area contributed by atoms with Crippen LogP contribution in [0, 0.1) is 0 Å². The maximum Gasteiger partial charge on any atom is 0.310 e. The number of ether oxygens (including phenoxy) is 1. The van der Waals surface area contributed by atoms with Gasteiger partial charge in [-0.15, -0.1) is 0 Å². The van der Waals surface area contributed by atoms with E-state index in [0.717, 1.165) is 10.5 Å². The average Bonchev–Trinajstić information content (AvgIpc) is 2.77. The van der Waals surface area contributed by atoms with Gasteiger partial charge in [-0.25, -0.2) is 4.90 Å². The molecule has 0 aliphatic carbocycles. The molecule has 0 saturated heterocycles. The van der Waals surface area contributed by atoms with Gasteiger partial charge in [-0.2, -0.15) is 0 Å². The Morgan fingerprint density at radius 2 is 1.75 bits per heavy atom. The largest absolute Gasteiger partial charge is 0.461 e. The third kappa shape index (κ3) is 3.00. The Labute approximate surface area is 116 Å². The molecule has 5 heteroatoms. The van der Waals surface area contributed by atoms with Gasteiger partial charge in [0, 0.05) is 12.2 Å². The van der Waals surface area contributed by atoms with Crippen molar-refractivity contribution in [1.82, 2.24) is 0 Å². The van der Waals surface area contributed by atoms with Crippen LogP contribution in [0.15, 0.2) is 49.1 Å². The number of imide groups is 1. The van der Waals surface area contributed by atoms with Crippen molar-refractivity contribution in [1.29, 1.82) is 0 Å². The van der Waals surface area contributed by atoms with Gasteiger partial charge in [0.25, 0.3) is 11.8 Å². The lowest BCUT2D eigenvalue weighted by molar-refractivity contribution is -0.141. The van der Waals surface area contributed by atoms with Gasteiger partial charge < -0.3 is 4.74 Å². The Bertz CT molecular complexity index is 568. The molecule has 0 atom stereocenters. The Hall–Kier alpha value is -2.69. The molecule has 2 amide bonds. The van der Waals surface area contributed by atoms with E-state index >= 15 is 0 Å². The summed E-state index contributed by atoms with van der Waals surface area (Å²) in [7, 11) is 0. The first-order valence-electron chi connectivity index (χ1n) is 6.03. The van der Waals surface area contributed by atoms with Crippen LogP contribution in [0.3, 0.4) is 0 Å². The van der Waals surface area contributed by atoms with Gasteiger partial charge in [-0.05, 0) is 17.7 Å². The summed E-state index contributed by atoms with van der Waals surface area (Å²) < 4.78 is 4.87. The van der Waals surface area contributed by atoms with Crippen LogP contribution < -0.4 is 4.90 Å². The first-order valence-corrected chi connectivity index (χ1v) is 6.03. The van der Waals surface area contributed by atoms with Gasteiger partial charge in [0.15, 0.2) is 0 Å². The summed E-state index contributed by atoms with van der Waals surface area (Å²) in [5.74, 6) is -1.09. The maximum absolute atomic E-state index is 11.5. The second-order valence-corrected chi connectivity index (χ2v) is 4.16. The lowest BCUT2D eigenvalue weighted by atomic mass is 10.1. The standard InChI is InChI=1S/C15H13NO4/c1-2-9-20-15(19)10-11-3-5-12(6-4-11)16-13(17)7-8-14(16)18/h2-8H,1,9-10H2. The molecule has 1 aliphatic heterocycles. The fourth-order valence-corrected chi connectivity index (χ4v) is 1.79. The molecule has 5 nitrogen and oxygen atoms in total. The van der Waals surface area contributed by atoms with E-state index in [9.17, 15) is 14.4 Å². The molecule has 0 N–H and O–H groups in total. The van der Waals surface area contributed by atoms with Crippen molar-refractivity contribution in [2.24, 2.45) is 0 Å². The highest BCUT2D eigenvalue weighted by molar-refractivity contribution is 6.28. The first kappa shape index (κ1) is 13.7. The van der Waals surface area contributed by atoms with E-state index in [-0.39, 0.29) is 30.8 Å². The second kappa shape index (κ2) is 5.97. The number of anilines is 1. The highest BCUT2D eigenvalue weighted by atomic mass is 16.5. The molecule has 1 heterocycles. The Morgan fingerprint density at radius 3 is 2.30 bits per heavy atom. The summed E-state index contributed by atoms with van der Waals surface area (Å²) in [5, 5.41) is 0. The molecular weight excluding hydrogens is 258 g/mol. The molecule has 0 spiro atoms. The summed E-state index contributed by atoms with van der Waals surface area (Å²) in [6, 6.07) is 6.62. The molecule has 1 aromatic rings. The third-order valence-electron chi connectivity index (χ3n) is 2.71. The smallest absolute Gasteiger partial charge is 0.310 e. The minimum Gasteiger partial charge on any atom is -0.461 e. The zero-order valence-corrected chi connectivity index (χ0v) is 10.7. The molecule has 0 fully saturated rings.